The number of hydrogen-bond donors (Lipinski definition) is 0. The molecule has 0 spiro atoms. The molecule has 0 saturated heterocycles. The van der Waals surface area contributed by atoms with Gasteiger partial charge in [-0.25, -0.2) is 0 Å². The molecule has 2 atom stereocenters. The lowest BCUT2D eigenvalue weighted by molar-refractivity contribution is 0.127. The zero-order chi connectivity index (χ0) is 5.98. The molecule has 0 N–H and O–H groups in total. The minimum atomic E-state index is 0.394. The second-order valence-electron chi connectivity index (χ2n) is 2.00. The predicted octanol–water partition coefficient (Wildman–Crippen LogP) is 1.04. The maximum atomic E-state index is 5.21. The SMILES string of the molecule is C#C[C@@H]1C[C@@H]1OCC. The lowest BCUT2D eigenvalue weighted by Gasteiger charge is -1.92. The normalized spacial score (nSPS) is 34.0. The summed E-state index contributed by atoms with van der Waals surface area (Å²) in [5.74, 6) is 3.07. The van der Waals surface area contributed by atoms with Gasteiger partial charge < -0.3 is 4.74 Å². The van der Waals surface area contributed by atoms with Gasteiger partial charge in [0.25, 0.3) is 0 Å². The minimum Gasteiger partial charge on any atom is -0.377 e. The highest BCUT2D eigenvalue weighted by Gasteiger charge is 2.35. The van der Waals surface area contributed by atoms with Gasteiger partial charge in [0.05, 0.1) is 6.10 Å². The van der Waals surface area contributed by atoms with Crippen LogP contribution in [0.15, 0.2) is 0 Å². The lowest BCUT2D eigenvalue weighted by Crippen LogP contribution is -1.93. The predicted molar refractivity (Wildman–Crippen MR) is 32.4 cm³/mol. The Kier molecular flexibility index (Phi) is 1.55. The van der Waals surface area contributed by atoms with E-state index in [9.17, 15) is 0 Å². The molecule has 0 bridgehead atoms. The van der Waals surface area contributed by atoms with Gasteiger partial charge in [-0.1, -0.05) is 0 Å². The van der Waals surface area contributed by atoms with Crippen molar-refractivity contribution in [1.29, 1.82) is 0 Å². The summed E-state index contributed by atoms with van der Waals surface area (Å²) in [5, 5.41) is 0. The van der Waals surface area contributed by atoms with E-state index in [4.69, 9.17) is 11.2 Å². The van der Waals surface area contributed by atoms with Crippen LogP contribution >= 0.6 is 0 Å². The van der Waals surface area contributed by atoms with Crippen molar-refractivity contribution in [2.24, 2.45) is 5.92 Å². The number of hydrogen-bond acceptors (Lipinski definition) is 1. The fraction of sp³-hybridized carbons (Fsp3) is 0.714. The smallest absolute Gasteiger partial charge is 0.0725 e. The Labute approximate surface area is 50.0 Å². The molecule has 8 heavy (non-hydrogen) atoms. The molecule has 0 amide bonds. The van der Waals surface area contributed by atoms with Gasteiger partial charge in [0.1, 0.15) is 0 Å². The molecule has 1 fully saturated rings. The first kappa shape index (κ1) is 5.65. The van der Waals surface area contributed by atoms with E-state index in [1.807, 2.05) is 6.92 Å². The summed E-state index contributed by atoms with van der Waals surface area (Å²) in [5.41, 5.74) is 0. The molecule has 0 aliphatic heterocycles. The number of ether oxygens (including phenoxy) is 1. The third-order valence-electron chi connectivity index (χ3n) is 1.33. The maximum absolute atomic E-state index is 5.21. The molecule has 0 aromatic heterocycles. The Morgan fingerprint density at radius 2 is 2.62 bits per heavy atom. The largest absolute Gasteiger partial charge is 0.377 e. The summed E-state index contributed by atoms with van der Waals surface area (Å²) < 4.78 is 5.21. The third kappa shape index (κ3) is 1.02. The first-order chi connectivity index (χ1) is 3.88. The third-order valence-corrected chi connectivity index (χ3v) is 1.33. The van der Waals surface area contributed by atoms with Crippen molar-refractivity contribution in [3.8, 4) is 12.3 Å². The number of rotatable bonds is 2. The van der Waals surface area contributed by atoms with Crippen LogP contribution in [-0.4, -0.2) is 12.7 Å². The van der Waals surface area contributed by atoms with Crippen LogP contribution in [0, 0.1) is 18.3 Å². The van der Waals surface area contributed by atoms with E-state index >= 15 is 0 Å². The van der Waals surface area contributed by atoms with Crippen molar-refractivity contribution in [2.75, 3.05) is 6.61 Å². The van der Waals surface area contributed by atoms with Gasteiger partial charge in [-0.15, -0.1) is 12.3 Å². The van der Waals surface area contributed by atoms with Crippen LogP contribution in [-0.2, 0) is 4.74 Å². The second-order valence-corrected chi connectivity index (χ2v) is 2.00. The van der Waals surface area contributed by atoms with E-state index in [-0.39, 0.29) is 0 Å². The molecule has 1 heteroatoms. The zero-order valence-corrected chi connectivity index (χ0v) is 5.05. The first-order valence-corrected chi connectivity index (χ1v) is 2.96. The van der Waals surface area contributed by atoms with Crippen LogP contribution in [0.3, 0.4) is 0 Å². The Balaban J connectivity index is 2.10. The summed E-state index contributed by atoms with van der Waals surface area (Å²) >= 11 is 0. The van der Waals surface area contributed by atoms with E-state index in [2.05, 4.69) is 5.92 Å². The van der Waals surface area contributed by atoms with Crippen LogP contribution in [0.4, 0.5) is 0 Å². The fourth-order valence-electron chi connectivity index (χ4n) is 0.745. The van der Waals surface area contributed by atoms with Crippen LogP contribution < -0.4 is 0 Å². The van der Waals surface area contributed by atoms with Crippen molar-refractivity contribution >= 4 is 0 Å². The van der Waals surface area contributed by atoms with E-state index < -0.39 is 0 Å². The molecular formula is C7H10O. The Bertz CT molecular complexity index is 112. The van der Waals surface area contributed by atoms with Gasteiger partial charge in [0.2, 0.25) is 0 Å². The summed E-state index contributed by atoms with van der Waals surface area (Å²) in [6, 6.07) is 0. The molecule has 1 saturated carbocycles. The van der Waals surface area contributed by atoms with Crippen molar-refractivity contribution < 1.29 is 4.74 Å². The Morgan fingerprint density at radius 3 is 3.00 bits per heavy atom. The minimum absolute atomic E-state index is 0.394. The maximum Gasteiger partial charge on any atom is 0.0725 e. The average molecular weight is 110 g/mol. The highest BCUT2D eigenvalue weighted by molar-refractivity contribution is 5.08. The summed E-state index contributed by atoms with van der Waals surface area (Å²) in [6.45, 7) is 2.79. The molecule has 1 aliphatic rings. The van der Waals surface area contributed by atoms with Crippen molar-refractivity contribution in [3.05, 3.63) is 0 Å². The topological polar surface area (TPSA) is 9.23 Å². The molecule has 0 unspecified atom stereocenters. The molecule has 1 rings (SSSR count). The van der Waals surface area contributed by atoms with E-state index in [0.29, 0.717) is 12.0 Å². The van der Waals surface area contributed by atoms with Crippen molar-refractivity contribution in [1.82, 2.24) is 0 Å². The molecule has 44 valence electrons. The van der Waals surface area contributed by atoms with Crippen molar-refractivity contribution in [3.63, 3.8) is 0 Å². The molecular weight excluding hydrogens is 100 g/mol. The first-order valence-electron chi connectivity index (χ1n) is 2.96. The summed E-state index contributed by atoms with van der Waals surface area (Å²) in [6.07, 6.45) is 6.59. The monoisotopic (exact) mass is 110 g/mol. The van der Waals surface area contributed by atoms with E-state index in [1.54, 1.807) is 0 Å². The highest BCUT2D eigenvalue weighted by atomic mass is 16.5. The second kappa shape index (κ2) is 2.19. The molecule has 0 heterocycles. The van der Waals surface area contributed by atoms with Gasteiger partial charge >= 0.3 is 0 Å². The van der Waals surface area contributed by atoms with Crippen LogP contribution in [0.25, 0.3) is 0 Å². The number of terminal acetylenes is 1. The molecule has 0 radical (unpaired) electrons. The van der Waals surface area contributed by atoms with Gasteiger partial charge in [0, 0.05) is 12.5 Å². The van der Waals surface area contributed by atoms with E-state index in [0.717, 1.165) is 13.0 Å². The van der Waals surface area contributed by atoms with Gasteiger partial charge in [-0.2, -0.15) is 0 Å². The van der Waals surface area contributed by atoms with Crippen LogP contribution in [0.2, 0.25) is 0 Å². The summed E-state index contributed by atoms with van der Waals surface area (Å²) in [7, 11) is 0. The van der Waals surface area contributed by atoms with Gasteiger partial charge in [-0.05, 0) is 13.3 Å². The van der Waals surface area contributed by atoms with Crippen LogP contribution in [0.1, 0.15) is 13.3 Å². The Hall–Kier alpha value is -0.480. The molecule has 1 aliphatic carbocycles. The van der Waals surface area contributed by atoms with Crippen molar-refractivity contribution in [2.45, 2.75) is 19.4 Å². The molecule has 0 aromatic rings. The Morgan fingerprint density at radius 1 is 1.88 bits per heavy atom. The fourth-order valence-corrected chi connectivity index (χ4v) is 0.745. The zero-order valence-electron chi connectivity index (χ0n) is 5.05. The van der Waals surface area contributed by atoms with E-state index in [1.165, 1.54) is 0 Å². The highest BCUT2D eigenvalue weighted by Crippen LogP contribution is 2.32. The standard InChI is InChI=1S/C7H10O/c1-3-6-5-7(6)8-4-2/h1,6-7H,4-5H2,2H3/t6-,7+/m1/s1. The summed E-state index contributed by atoms with van der Waals surface area (Å²) in [4.78, 5) is 0. The molecule has 0 aromatic carbocycles. The molecule has 1 nitrogen and oxygen atoms in total. The lowest BCUT2D eigenvalue weighted by atomic mass is 10.4. The van der Waals surface area contributed by atoms with Crippen LogP contribution in [0.5, 0.6) is 0 Å². The van der Waals surface area contributed by atoms with Gasteiger partial charge in [-0.3, -0.25) is 0 Å². The average Bonchev–Trinajstić information content (AvgIpc) is 2.48. The quantitative estimate of drug-likeness (QED) is 0.483. The van der Waals surface area contributed by atoms with Gasteiger partial charge in [0.15, 0.2) is 0 Å².